The Morgan fingerprint density at radius 3 is 2.50 bits per heavy atom. The highest BCUT2D eigenvalue weighted by Gasteiger charge is 2.38. The zero-order valence-electron chi connectivity index (χ0n) is 22.5. The Morgan fingerprint density at radius 1 is 1.02 bits per heavy atom. The first-order valence-electron chi connectivity index (χ1n) is 13.9. The molecule has 1 atom stereocenters. The molecule has 40 heavy (non-hydrogen) atoms. The van der Waals surface area contributed by atoms with Crippen LogP contribution in [0.2, 0.25) is 0 Å². The Morgan fingerprint density at radius 2 is 1.80 bits per heavy atom. The number of anilines is 2. The number of nitrogens with one attached hydrogen (secondary N) is 2. The van der Waals surface area contributed by atoms with Crippen LogP contribution < -0.4 is 15.4 Å². The highest BCUT2D eigenvalue weighted by molar-refractivity contribution is 7.13. The maximum absolute atomic E-state index is 13.6. The molecule has 2 aromatic carbocycles. The van der Waals surface area contributed by atoms with Crippen molar-refractivity contribution in [3.05, 3.63) is 71.7 Å². The van der Waals surface area contributed by atoms with Gasteiger partial charge in [0.05, 0.1) is 0 Å². The van der Waals surface area contributed by atoms with Crippen LogP contribution >= 0.6 is 11.3 Å². The first-order valence-corrected chi connectivity index (χ1v) is 14.7. The van der Waals surface area contributed by atoms with Crippen LogP contribution in [0, 0.1) is 5.92 Å². The van der Waals surface area contributed by atoms with Crippen molar-refractivity contribution in [3.63, 3.8) is 0 Å². The largest absolute Gasteiger partial charge is 0.489 e. The summed E-state index contributed by atoms with van der Waals surface area (Å²) < 4.78 is 5.81. The van der Waals surface area contributed by atoms with Gasteiger partial charge < -0.3 is 25.2 Å². The Hall–Kier alpha value is -3.92. The van der Waals surface area contributed by atoms with Gasteiger partial charge in [-0.3, -0.25) is 9.59 Å². The summed E-state index contributed by atoms with van der Waals surface area (Å²) in [6, 6.07) is 16.1. The predicted octanol–water partition coefficient (Wildman–Crippen LogP) is 5.03. The van der Waals surface area contributed by atoms with Crippen molar-refractivity contribution in [2.75, 3.05) is 36.8 Å². The summed E-state index contributed by atoms with van der Waals surface area (Å²) in [6.45, 7) is 1.36. The molecule has 2 heterocycles. The second kappa shape index (κ2) is 13.4. The van der Waals surface area contributed by atoms with Gasteiger partial charge in [-0.2, -0.15) is 0 Å². The number of rotatable bonds is 10. The summed E-state index contributed by atoms with van der Waals surface area (Å²) in [5.74, 6) is 0.571. The normalized spacial score (nSPS) is 16.9. The van der Waals surface area contributed by atoms with Gasteiger partial charge in [-0.15, -0.1) is 11.3 Å². The number of ether oxygens (including phenoxy) is 1. The van der Waals surface area contributed by atoms with Gasteiger partial charge in [0.15, 0.2) is 10.9 Å². The van der Waals surface area contributed by atoms with E-state index >= 15 is 0 Å². The lowest BCUT2D eigenvalue weighted by molar-refractivity contribution is -0.144. The molecule has 1 aromatic heterocycles. The van der Waals surface area contributed by atoms with Gasteiger partial charge in [0.25, 0.3) is 0 Å². The zero-order valence-corrected chi connectivity index (χ0v) is 23.3. The number of benzene rings is 2. The number of urea groups is 1. The SMILES string of the molecule is O=C(C1CCCCC1)C(CNc1nccs1)N1CCN(C(=O)Nc2ccc(OCc3ccccc3)cc2)CC1=O. The Labute approximate surface area is 238 Å². The van der Waals surface area contributed by atoms with Crippen LogP contribution in [0.1, 0.15) is 37.7 Å². The summed E-state index contributed by atoms with van der Waals surface area (Å²) in [7, 11) is 0. The number of nitrogens with zero attached hydrogens (tertiary/aromatic N) is 3. The highest BCUT2D eigenvalue weighted by atomic mass is 32.1. The molecule has 1 aliphatic carbocycles. The molecule has 1 saturated heterocycles. The lowest BCUT2D eigenvalue weighted by atomic mass is 9.83. The Kier molecular flexibility index (Phi) is 9.28. The molecular weight excluding hydrogens is 526 g/mol. The van der Waals surface area contributed by atoms with Gasteiger partial charge in [-0.25, -0.2) is 9.78 Å². The number of hydrogen-bond donors (Lipinski definition) is 2. The van der Waals surface area contributed by atoms with Crippen LogP contribution in [0.5, 0.6) is 5.75 Å². The van der Waals surface area contributed by atoms with Gasteiger partial charge in [0.1, 0.15) is 24.9 Å². The van der Waals surface area contributed by atoms with Crippen molar-refractivity contribution < 1.29 is 19.1 Å². The molecule has 3 aromatic rings. The van der Waals surface area contributed by atoms with E-state index in [1.807, 2.05) is 35.7 Å². The maximum atomic E-state index is 13.6. The van der Waals surface area contributed by atoms with Gasteiger partial charge in [-0.05, 0) is 42.7 Å². The molecule has 0 spiro atoms. The average Bonchev–Trinajstić information content (AvgIpc) is 3.52. The van der Waals surface area contributed by atoms with Crippen molar-refractivity contribution in [3.8, 4) is 5.75 Å². The van der Waals surface area contributed by atoms with Crippen molar-refractivity contribution in [1.82, 2.24) is 14.8 Å². The zero-order chi connectivity index (χ0) is 27.7. The smallest absolute Gasteiger partial charge is 0.322 e. The number of thiazole rings is 1. The van der Waals surface area contributed by atoms with E-state index < -0.39 is 6.04 Å². The lowest BCUT2D eigenvalue weighted by Gasteiger charge is -2.39. The fourth-order valence-corrected chi connectivity index (χ4v) is 5.82. The van der Waals surface area contributed by atoms with Gasteiger partial charge in [-0.1, -0.05) is 49.6 Å². The van der Waals surface area contributed by atoms with Crippen LogP contribution in [0.15, 0.2) is 66.2 Å². The summed E-state index contributed by atoms with van der Waals surface area (Å²) in [5, 5.41) is 8.71. The summed E-state index contributed by atoms with van der Waals surface area (Å²) in [5.41, 5.74) is 1.69. The minimum Gasteiger partial charge on any atom is -0.489 e. The molecule has 5 rings (SSSR count). The molecule has 0 radical (unpaired) electrons. The van der Waals surface area contributed by atoms with Crippen LogP contribution in [0.25, 0.3) is 0 Å². The minimum absolute atomic E-state index is 0.0226. The van der Waals surface area contributed by atoms with Crippen LogP contribution in [-0.2, 0) is 16.2 Å². The van der Waals surface area contributed by atoms with Gasteiger partial charge in [0, 0.05) is 42.8 Å². The first kappa shape index (κ1) is 27.6. The molecule has 10 heteroatoms. The topological polar surface area (TPSA) is 104 Å². The summed E-state index contributed by atoms with van der Waals surface area (Å²) >= 11 is 1.46. The van der Waals surface area contributed by atoms with Crippen molar-refractivity contribution in [2.45, 2.75) is 44.8 Å². The van der Waals surface area contributed by atoms with E-state index in [4.69, 9.17) is 4.74 Å². The highest BCUT2D eigenvalue weighted by Crippen LogP contribution is 2.27. The number of carbonyl (C=O) groups excluding carboxylic acids is 3. The van der Waals surface area contributed by atoms with Crippen LogP contribution in [0.4, 0.5) is 15.6 Å². The molecule has 210 valence electrons. The molecule has 1 unspecified atom stereocenters. The quantitative estimate of drug-likeness (QED) is 0.360. The lowest BCUT2D eigenvalue weighted by Crippen LogP contribution is -2.60. The summed E-state index contributed by atoms with van der Waals surface area (Å²) in [6.07, 6.45) is 6.70. The van der Waals surface area contributed by atoms with E-state index in [-0.39, 0.29) is 30.2 Å². The number of carbonyl (C=O) groups is 3. The molecular formula is C30H35N5O4S. The van der Waals surface area contributed by atoms with E-state index in [1.54, 1.807) is 35.4 Å². The van der Waals surface area contributed by atoms with Crippen molar-refractivity contribution >= 4 is 39.9 Å². The second-order valence-corrected chi connectivity index (χ2v) is 11.1. The second-order valence-electron chi connectivity index (χ2n) is 10.2. The third kappa shape index (κ3) is 7.18. The third-order valence-corrected chi connectivity index (χ3v) is 8.22. The van der Waals surface area contributed by atoms with Gasteiger partial charge >= 0.3 is 6.03 Å². The molecule has 3 amide bonds. The van der Waals surface area contributed by atoms with E-state index in [2.05, 4.69) is 15.6 Å². The number of amides is 3. The van der Waals surface area contributed by atoms with Gasteiger partial charge in [0.2, 0.25) is 5.91 Å². The molecule has 1 saturated carbocycles. The van der Waals surface area contributed by atoms with E-state index in [1.165, 1.54) is 16.2 Å². The number of Topliss-reactive ketones (excluding diaryl/α,β-unsaturated/α-hetero) is 1. The monoisotopic (exact) mass is 561 g/mol. The van der Waals surface area contributed by atoms with Crippen molar-refractivity contribution in [2.24, 2.45) is 5.92 Å². The van der Waals surface area contributed by atoms with E-state index in [9.17, 15) is 14.4 Å². The van der Waals surface area contributed by atoms with Crippen LogP contribution in [-0.4, -0.2) is 64.7 Å². The van der Waals surface area contributed by atoms with E-state index in [0.717, 1.165) is 42.8 Å². The Balaban J connectivity index is 1.16. The standard InChI is InChI=1S/C30H35N5O4S/c36-27-20-34(30(38)33-24-11-13-25(14-12-24)39-21-22-7-3-1-4-8-22)16-17-35(27)26(19-32-29-31-15-18-40-29)28(37)23-9-5-2-6-10-23/h1,3-4,7-8,11-15,18,23,26H,2,5-6,9-10,16-17,19-21H2,(H,31,32)(H,33,38). The fraction of sp³-hybridized carbons (Fsp3) is 0.400. The average molecular weight is 562 g/mol. The molecule has 2 N–H and O–H groups in total. The first-order chi connectivity index (χ1) is 19.6. The molecule has 0 bridgehead atoms. The molecule has 2 aliphatic rings. The van der Waals surface area contributed by atoms with Crippen molar-refractivity contribution in [1.29, 1.82) is 0 Å². The number of piperazine rings is 1. The van der Waals surface area contributed by atoms with Crippen LogP contribution in [0.3, 0.4) is 0 Å². The number of ketones is 1. The number of aromatic nitrogens is 1. The third-order valence-electron chi connectivity index (χ3n) is 7.49. The summed E-state index contributed by atoms with van der Waals surface area (Å²) in [4.78, 5) is 47.2. The Bertz CT molecular complexity index is 1260. The minimum atomic E-state index is -0.576. The molecule has 1 aliphatic heterocycles. The predicted molar refractivity (Wildman–Crippen MR) is 155 cm³/mol. The fourth-order valence-electron chi connectivity index (χ4n) is 5.29. The number of hydrogen-bond acceptors (Lipinski definition) is 7. The maximum Gasteiger partial charge on any atom is 0.322 e. The molecule has 2 fully saturated rings. The van der Waals surface area contributed by atoms with E-state index in [0.29, 0.717) is 37.7 Å². The molecule has 9 nitrogen and oxygen atoms in total.